The van der Waals surface area contributed by atoms with Crippen LogP contribution in [-0.4, -0.2) is 16.6 Å². The summed E-state index contributed by atoms with van der Waals surface area (Å²) in [5.41, 5.74) is 0. The van der Waals surface area contributed by atoms with Gasteiger partial charge in [-0.05, 0) is 25.5 Å². The maximum atomic E-state index is 11.1. The van der Waals surface area contributed by atoms with Gasteiger partial charge in [0.05, 0.1) is 0 Å². The average Bonchev–Trinajstić information content (AvgIpc) is 2.54. The van der Waals surface area contributed by atoms with Gasteiger partial charge in [-0.1, -0.05) is 33.0 Å². The van der Waals surface area contributed by atoms with Crippen molar-refractivity contribution in [2.75, 3.05) is 6.26 Å². The quantitative estimate of drug-likeness (QED) is 0.682. The maximum absolute atomic E-state index is 11.1. The lowest BCUT2D eigenvalue weighted by molar-refractivity contribution is -0.114. The molecule has 0 radical (unpaired) electrons. The zero-order valence-corrected chi connectivity index (χ0v) is 9.75. The van der Waals surface area contributed by atoms with Crippen LogP contribution in [0, 0.1) is 5.92 Å². The molecular formula is C10H22OS2. The summed E-state index contributed by atoms with van der Waals surface area (Å²) >= 11 is 5.67. The van der Waals surface area contributed by atoms with E-state index in [4.69, 9.17) is 0 Å². The van der Waals surface area contributed by atoms with Crippen LogP contribution in [0.2, 0.25) is 0 Å². The Labute approximate surface area is 92.5 Å². The topological polar surface area (TPSA) is 17.1 Å². The Bertz CT molecular complexity index is 137. The first kappa shape index (κ1) is 15.8. The van der Waals surface area contributed by atoms with Crippen molar-refractivity contribution in [2.24, 2.45) is 5.92 Å². The van der Waals surface area contributed by atoms with Crippen LogP contribution < -0.4 is 0 Å². The molecule has 0 aromatic heterocycles. The summed E-state index contributed by atoms with van der Waals surface area (Å²) in [5.74, 6) is 0.303. The summed E-state index contributed by atoms with van der Waals surface area (Å²) in [5, 5.41) is 0.817. The van der Waals surface area contributed by atoms with Crippen LogP contribution in [0.4, 0.5) is 0 Å². The van der Waals surface area contributed by atoms with Crippen LogP contribution in [-0.2, 0) is 4.79 Å². The summed E-state index contributed by atoms with van der Waals surface area (Å²) in [6.45, 7) is 4.00. The molecule has 1 rings (SSSR count). The van der Waals surface area contributed by atoms with E-state index < -0.39 is 0 Å². The first-order valence-corrected chi connectivity index (χ1v) is 6.24. The molecule has 0 aromatic carbocycles. The second-order valence-electron chi connectivity index (χ2n) is 2.69. The van der Waals surface area contributed by atoms with Crippen molar-refractivity contribution in [3.05, 3.63) is 0 Å². The van der Waals surface area contributed by atoms with Gasteiger partial charge in [-0.3, -0.25) is 4.79 Å². The molecule has 0 spiro atoms. The van der Waals surface area contributed by atoms with Crippen LogP contribution in [0.25, 0.3) is 0 Å². The van der Waals surface area contributed by atoms with Crippen molar-refractivity contribution < 1.29 is 4.79 Å². The second kappa shape index (κ2) is 8.95. The summed E-state index contributed by atoms with van der Waals surface area (Å²) in [6.07, 6.45) is 5.00. The van der Waals surface area contributed by atoms with E-state index in [2.05, 4.69) is 12.6 Å². The SMILES string of the molecule is C.CC.CSC(=O)C1CC[C@H](S)C1. The third-order valence-electron chi connectivity index (χ3n) is 1.94. The lowest BCUT2D eigenvalue weighted by Crippen LogP contribution is -2.06. The van der Waals surface area contributed by atoms with Crippen molar-refractivity contribution in [1.29, 1.82) is 0 Å². The van der Waals surface area contributed by atoms with E-state index in [0.29, 0.717) is 16.3 Å². The molecule has 0 heterocycles. The predicted octanol–water partition coefficient (Wildman–Crippen LogP) is 3.64. The van der Waals surface area contributed by atoms with E-state index in [-0.39, 0.29) is 7.43 Å². The van der Waals surface area contributed by atoms with Gasteiger partial charge in [0, 0.05) is 11.2 Å². The van der Waals surface area contributed by atoms with Crippen molar-refractivity contribution >= 4 is 29.5 Å². The monoisotopic (exact) mass is 222 g/mol. The van der Waals surface area contributed by atoms with Gasteiger partial charge in [0.2, 0.25) is 0 Å². The highest BCUT2D eigenvalue weighted by molar-refractivity contribution is 8.13. The molecule has 1 unspecified atom stereocenters. The number of carbonyl (C=O) groups is 1. The maximum Gasteiger partial charge on any atom is 0.191 e. The third kappa shape index (κ3) is 5.63. The van der Waals surface area contributed by atoms with Crippen LogP contribution in [0.1, 0.15) is 40.5 Å². The van der Waals surface area contributed by atoms with Gasteiger partial charge >= 0.3 is 0 Å². The molecule has 0 bridgehead atoms. The van der Waals surface area contributed by atoms with E-state index in [1.54, 1.807) is 0 Å². The largest absolute Gasteiger partial charge is 0.287 e. The second-order valence-corrected chi connectivity index (χ2v) is 4.23. The summed E-state index contributed by atoms with van der Waals surface area (Å²) < 4.78 is 0. The zero-order valence-electron chi connectivity index (χ0n) is 8.04. The van der Waals surface area contributed by atoms with Crippen molar-refractivity contribution in [2.45, 2.75) is 45.8 Å². The fraction of sp³-hybridized carbons (Fsp3) is 0.900. The van der Waals surface area contributed by atoms with Gasteiger partial charge < -0.3 is 0 Å². The molecule has 0 aliphatic heterocycles. The zero-order chi connectivity index (χ0) is 9.56. The Balaban J connectivity index is 0. The Morgan fingerprint density at radius 2 is 1.92 bits per heavy atom. The van der Waals surface area contributed by atoms with Gasteiger partial charge in [-0.2, -0.15) is 12.6 Å². The van der Waals surface area contributed by atoms with Gasteiger partial charge in [0.25, 0.3) is 0 Å². The summed E-state index contributed by atoms with van der Waals surface area (Å²) in [7, 11) is 0. The number of thiol groups is 1. The van der Waals surface area contributed by atoms with Crippen LogP contribution in [0.5, 0.6) is 0 Å². The molecule has 13 heavy (non-hydrogen) atoms. The molecule has 0 saturated heterocycles. The summed E-state index contributed by atoms with van der Waals surface area (Å²) in [4.78, 5) is 11.1. The molecule has 0 N–H and O–H groups in total. The smallest absolute Gasteiger partial charge is 0.191 e. The molecule has 1 fully saturated rings. The molecule has 1 saturated carbocycles. The first-order chi connectivity index (χ1) is 5.74. The molecular weight excluding hydrogens is 200 g/mol. The number of rotatable bonds is 1. The molecule has 0 aromatic rings. The Morgan fingerprint density at radius 3 is 2.23 bits per heavy atom. The van der Waals surface area contributed by atoms with Crippen molar-refractivity contribution in [3.63, 3.8) is 0 Å². The van der Waals surface area contributed by atoms with Gasteiger partial charge in [-0.25, -0.2) is 0 Å². The lowest BCUT2D eigenvalue weighted by atomic mass is 10.1. The minimum absolute atomic E-state index is 0. The van der Waals surface area contributed by atoms with Crippen LogP contribution >= 0.6 is 24.4 Å². The molecule has 1 nitrogen and oxygen atoms in total. The lowest BCUT2D eigenvalue weighted by Gasteiger charge is -2.03. The van der Waals surface area contributed by atoms with E-state index in [9.17, 15) is 4.79 Å². The highest BCUT2D eigenvalue weighted by atomic mass is 32.2. The molecule has 2 atom stereocenters. The predicted molar refractivity (Wildman–Crippen MR) is 66.7 cm³/mol. The highest BCUT2D eigenvalue weighted by Gasteiger charge is 2.26. The Hall–Kier alpha value is 0.370. The minimum Gasteiger partial charge on any atom is -0.287 e. The van der Waals surface area contributed by atoms with E-state index in [1.807, 2.05) is 20.1 Å². The van der Waals surface area contributed by atoms with Gasteiger partial charge in [-0.15, -0.1) is 0 Å². The van der Waals surface area contributed by atoms with Crippen molar-refractivity contribution in [1.82, 2.24) is 0 Å². The minimum atomic E-state index is 0. The Morgan fingerprint density at radius 1 is 1.38 bits per heavy atom. The standard InChI is InChI=1S/C7H12OS2.C2H6.CH4/c1-10-7(8)5-2-3-6(9)4-5;1-2;/h5-6,9H,2-4H2,1H3;1-2H3;1H4/t5?,6-;;/m0../s1. The molecule has 80 valence electrons. The third-order valence-corrected chi connectivity index (χ3v) is 3.14. The van der Waals surface area contributed by atoms with Crippen LogP contribution in [0.3, 0.4) is 0 Å². The fourth-order valence-corrected chi connectivity index (χ4v) is 2.29. The van der Waals surface area contributed by atoms with Gasteiger partial charge in [0.1, 0.15) is 0 Å². The van der Waals surface area contributed by atoms with Crippen molar-refractivity contribution in [3.8, 4) is 0 Å². The normalized spacial score (nSPS) is 25.5. The van der Waals surface area contributed by atoms with E-state index in [0.717, 1.165) is 19.3 Å². The van der Waals surface area contributed by atoms with Crippen LogP contribution in [0.15, 0.2) is 0 Å². The van der Waals surface area contributed by atoms with Gasteiger partial charge in [0.15, 0.2) is 5.12 Å². The number of hydrogen-bond donors (Lipinski definition) is 1. The molecule has 0 amide bonds. The average molecular weight is 222 g/mol. The first-order valence-electron chi connectivity index (χ1n) is 4.50. The van der Waals surface area contributed by atoms with E-state index >= 15 is 0 Å². The van der Waals surface area contributed by atoms with E-state index in [1.165, 1.54) is 11.8 Å². The number of hydrogen-bond acceptors (Lipinski definition) is 3. The molecule has 1 aliphatic rings. The Kier molecular flexibility index (Phi) is 10.9. The highest BCUT2D eigenvalue weighted by Crippen LogP contribution is 2.31. The number of thioether (sulfide) groups is 1. The fourth-order valence-electron chi connectivity index (χ4n) is 1.34. The number of carbonyl (C=O) groups excluding carboxylic acids is 1. The summed E-state index contributed by atoms with van der Waals surface area (Å²) in [6, 6.07) is 0. The molecule has 3 heteroatoms. The molecule has 1 aliphatic carbocycles.